The Bertz CT molecular complexity index is 895. The number of nitrogens with zero attached hydrogens (tertiary/aromatic N) is 1. The SMILES string of the molecule is CCC1(CC)C[C@H](NC(=O)[C@H]2CCCN(Cc3ccc(F)cc3)C2)c2ccccc2O1. The Morgan fingerprint density at radius 2 is 1.90 bits per heavy atom. The number of ether oxygens (including phenoxy) is 1. The van der Waals surface area contributed by atoms with Crippen LogP contribution in [0.2, 0.25) is 0 Å². The molecule has 2 aliphatic rings. The summed E-state index contributed by atoms with van der Waals surface area (Å²) in [6.07, 6.45) is 4.54. The maximum absolute atomic E-state index is 13.3. The number of amides is 1. The van der Waals surface area contributed by atoms with Crippen LogP contribution in [-0.2, 0) is 11.3 Å². The lowest BCUT2D eigenvalue weighted by molar-refractivity contribution is -0.128. The molecule has 2 heterocycles. The third-order valence-corrected chi connectivity index (χ3v) is 7.00. The van der Waals surface area contributed by atoms with Gasteiger partial charge in [0.05, 0.1) is 12.0 Å². The number of piperidine rings is 1. The molecule has 2 aromatic rings. The number of benzene rings is 2. The zero-order valence-electron chi connectivity index (χ0n) is 18.6. The van der Waals surface area contributed by atoms with Crippen molar-refractivity contribution < 1.29 is 13.9 Å². The highest BCUT2D eigenvalue weighted by Crippen LogP contribution is 2.42. The lowest BCUT2D eigenvalue weighted by Crippen LogP contribution is -2.48. The summed E-state index contributed by atoms with van der Waals surface area (Å²) < 4.78 is 19.6. The van der Waals surface area contributed by atoms with E-state index in [4.69, 9.17) is 4.74 Å². The highest BCUT2D eigenvalue weighted by molar-refractivity contribution is 5.79. The fourth-order valence-electron chi connectivity index (χ4n) is 4.98. The van der Waals surface area contributed by atoms with Gasteiger partial charge in [0.25, 0.3) is 0 Å². The van der Waals surface area contributed by atoms with Gasteiger partial charge in [0, 0.05) is 25.1 Å². The summed E-state index contributed by atoms with van der Waals surface area (Å²) in [6.45, 7) is 6.77. The maximum Gasteiger partial charge on any atom is 0.224 e. The lowest BCUT2D eigenvalue weighted by Gasteiger charge is -2.42. The summed E-state index contributed by atoms with van der Waals surface area (Å²) in [7, 11) is 0. The predicted molar refractivity (Wildman–Crippen MR) is 120 cm³/mol. The van der Waals surface area contributed by atoms with E-state index >= 15 is 0 Å². The van der Waals surface area contributed by atoms with Crippen LogP contribution in [-0.4, -0.2) is 29.5 Å². The summed E-state index contributed by atoms with van der Waals surface area (Å²) in [6, 6.07) is 14.7. The minimum Gasteiger partial charge on any atom is -0.487 e. The van der Waals surface area contributed by atoms with Crippen LogP contribution in [0, 0.1) is 11.7 Å². The Morgan fingerprint density at radius 3 is 2.65 bits per heavy atom. The monoisotopic (exact) mass is 424 g/mol. The molecule has 0 saturated carbocycles. The molecule has 0 unspecified atom stereocenters. The Kier molecular flexibility index (Phi) is 6.61. The fourth-order valence-corrected chi connectivity index (χ4v) is 4.98. The molecule has 4 nitrogen and oxygen atoms in total. The molecule has 31 heavy (non-hydrogen) atoms. The second-order valence-electron chi connectivity index (χ2n) is 9.00. The summed E-state index contributed by atoms with van der Waals surface area (Å²) in [4.78, 5) is 15.6. The van der Waals surface area contributed by atoms with Crippen LogP contribution in [0.1, 0.15) is 63.1 Å². The molecule has 0 bridgehead atoms. The minimum atomic E-state index is -0.229. The third kappa shape index (κ3) is 4.93. The number of likely N-dealkylation sites (tertiary alicyclic amines) is 1. The molecular formula is C26H33FN2O2. The van der Waals surface area contributed by atoms with Crippen molar-refractivity contribution in [3.05, 3.63) is 65.5 Å². The largest absolute Gasteiger partial charge is 0.487 e. The van der Waals surface area contributed by atoms with Crippen LogP contribution in [0.5, 0.6) is 5.75 Å². The second-order valence-corrected chi connectivity index (χ2v) is 9.00. The highest BCUT2D eigenvalue weighted by atomic mass is 19.1. The molecule has 0 aliphatic carbocycles. The van der Waals surface area contributed by atoms with Crippen LogP contribution in [0.3, 0.4) is 0 Å². The molecule has 2 atom stereocenters. The van der Waals surface area contributed by atoms with E-state index < -0.39 is 0 Å². The summed E-state index contributed by atoms with van der Waals surface area (Å²) in [5.74, 6) is 0.782. The van der Waals surface area contributed by atoms with Crippen LogP contribution >= 0.6 is 0 Å². The van der Waals surface area contributed by atoms with Gasteiger partial charge in [-0.15, -0.1) is 0 Å². The van der Waals surface area contributed by atoms with E-state index in [0.717, 1.165) is 68.6 Å². The van der Waals surface area contributed by atoms with E-state index in [9.17, 15) is 9.18 Å². The Balaban J connectivity index is 1.43. The molecule has 0 aromatic heterocycles. The molecule has 2 aliphatic heterocycles. The van der Waals surface area contributed by atoms with Gasteiger partial charge in [0.15, 0.2) is 0 Å². The zero-order valence-corrected chi connectivity index (χ0v) is 18.6. The maximum atomic E-state index is 13.3. The first-order chi connectivity index (χ1) is 15.0. The van der Waals surface area contributed by atoms with Crippen LogP contribution < -0.4 is 10.1 Å². The van der Waals surface area contributed by atoms with Gasteiger partial charge in [0.2, 0.25) is 5.91 Å². The van der Waals surface area contributed by atoms with Crippen molar-refractivity contribution in [1.82, 2.24) is 10.2 Å². The number of hydrogen-bond acceptors (Lipinski definition) is 3. The molecule has 166 valence electrons. The number of fused-ring (bicyclic) bond motifs is 1. The normalized spacial score (nSPS) is 22.9. The van der Waals surface area contributed by atoms with E-state index in [1.165, 1.54) is 12.1 Å². The smallest absolute Gasteiger partial charge is 0.224 e. The number of rotatable bonds is 6. The van der Waals surface area contributed by atoms with Crippen molar-refractivity contribution >= 4 is 5.91 Å². The number of carbonyl (C=O) groups is 1. The van der Waals surface area contributed by atoms with Crippen molar-refractivity contribution in [1.29, 1.82) is 0 Å². The van der Waals surface area contributed by atoms with Crippen molar-refractivity contribution in [2.24, 2.45) is 5.92 Å². The Hall–Kier alpha value is -2.40. The number of halogens is 1. The molecule has 0 radical (unpaired) electrons. The van der Waals surface area contributed by atoms with E-state index in [2.05, 4.69) is 30.1 Å². The number of para-hydroxylation sites is 1. The number of nitrogens with one attached hydrogen (secondary N) is 1. The van der Waals surface area contributed by atoms with Crippen molar-refractivity contribution in [3.8, 4) is 5.75 Å². The van der Waals surface area contributed by atoms with Crippen molar-refractivity contribution in [2.75, 3.05) is 13.1 Å². The van der Waals surface area contributed by atoms with Gasteiger partial charge in [-0.05, 0) is 56.0 Å². The first-order valence-corrected chi connectivity index (χ1v) is 11.6. The van der Waals surface area contributed by atoms with Gasteiger partial charge in [-0.25, -0.2) is 4.39 Å². The van der Waals surface area contributed by atoms with Gasteiger partial charge in [-0.3, -0.25) is 9.69 Å². The van der Waals surface area contributed by atoms with Gasteiger partial charge in [-0.1, -0.05) is 44.2 Å². The van der Waals surface area contributed by atoms with Crippen LogP contribution in [0.4, 0.5) is 4.39 Å². The molecule has 5 heteroatoms. The predicted octanol–water partition coefficient (Wildman–Crippen LogP) is 5.24. The fraction of sp³-hybridized carbons (Fsp3) is 0.500. The molecule has 4 rings (SSSR count). The minimum absolute atomic E-state index is 0.0233. The van der Waals surface area contributed by atoms with Crippen molar-refractivity contribution in [2.45, 2.75) is 64.1 Å². The van der Waals surface area contributed by atoms with E-state index in [-0.39, 0.29) is 29.3 Å². The molecule has 1 saturated heterocycles. The number of carbonyl (C=O) groups excluding carboxylic acids is 1. The van der Waals surface area contributed by atoms with Gasteiger partial charge >= 0.3 is 0 Å². The van der Waals surface area contributed by atoms with Gasteiger partial charge in [0.1, 0.15) is 17.2 Å². The van der Waals surface area contributed by atoms with Crippen molar-refractivity contribution in [3.63, 3.8) is 0 Å². The van der Waals surface area contributed by atoms with Crippen LogP contribution in [0.25, 0.3) is 0 Å². The molecular weight excluding hydrogens is 391 g/mol. The zero-order chi connectivity index (χ0) is 21.8. The average Bonchev–Trinajstić information content (AvgIpc) is 2.80. The van der Waals surface area contributed by atoms with Gasteiger partial charge < -0.3 is 10.1 Å². The first-order valence-electron chi connectivity index (χ1n) is 11.6. The molecule has 2 aromatic carbocycles. The highest BCUT2D eigenvalue weighted by Gasteiger charge is 2.39. The standard InChI is InChI=1S/C26H33FN2O2/c1-3-26(4-2)16-23(22-9-5-6-10-24(22)31-26)28-25(30)20-8-7-15-29(18-20)17-19-11-13-21(27)14-12-19/h5-6,9-14,20,23H,3-4,7-8,15-18H2,1-2H3,(H,28,30)/t20-,23-/m0/s1. The van der Waals surface area contributed by atoms with E-state index in [0.29, 0.717) is 0 Å². The quantitative estimate of drug-likeness (QED) is 0.690. The summed E-state index contributed by atoms with van der Waals surface area (Å²) in [5.41, 5.74) is 1.93. The summed E-state index contributed by atoms with van der Waals surface area (Å²) in [5, 5.41) is 3.36. The molecule has 1 amide bonds. The molecule has 1 fully saturated rings. The third-order valence-electron chi connectivity index (χ3n) is 7.00. The first kappa shape index (κ1) is 21.8. The van der Waals surface area contributed by atoms with E-state index in [1.807, 2.05) is 30.3 Å². The van der Waals surface area contributed by atoms with Crippen LogP contribution in [0.15, 0.2) is 48.5 Å². The second kappa shape index (κ2) is 9.39. The van der Waals surface area contributed by atoms with Gasteiger partial charge in [-0.2, -0.15) is 0 Å². The summed E-state index contributed by atoms with van der Waals surface area (Å²) >= 11 is 0. The molecule has 0 spiro atoms. The lowest BCUT2D eigenvalue weighted by atomic mass is 9.83. The molecule has 1 N–H and O–H groups in total. The Morgan fingerprint density at radius 1 is 1.16 bits per heavy atom. The van der Waals surface area contributed by atoms with E-state index in [1.54, 1.807) is 0 Å². The Labute approximate surface area is 184 Å². The topological polar surface area (TPSA) is 41.6 Å². The number of hydrogen-bond donors (Lipinski definition) is 1. The average molecular weight is 425 g/mol.